The topological polar surface area (TPSA) is 57.3 Å². The summed E-state index contributed by atoms with van der Waals surface area (Å²) in [5.74, 6) is 1.50. The van der Waals surface area contributed by atoms with Crippen molar-refractivity contribution in [2.45, 2.75) is 72.8 Å². The molecule has 0 unspecified atom stereocenters. The lowest BCUT2D eigenvalue weighted by molar-refractivity contribution is 0.0240. The lowest BCUT2D eigenvalue weighted by Crippen LogP contribution is -2.50. The maximum Gasteiger partial charge on any atom is 0.410 e. The molecule has 2 saturated heterocycles. The third kappa shape index (κ3) is 8.19. The van der Waals surface area contributed by atoms with E-state index in [1.807, 2.05) is 25.7 Å². The molecule has 35 heavy (non-hydrogen) atoms. The first-order valence-electron chi connectivity index (χ1n) is 13.7. The van der Waals surface area contributed by atoms with E-state index in [1.165, 1.54) is 37.2 Å². The van der Waals surface area contributed by atoms with Crippen molar-refractivity contribution in [1.82, 2.24) is 9.80 Å². The third-order valence-electron chi connectivity index (χ3n) is 7.21. The summed E-state index contributed by atoms with van der Waals surface area (Å²) in [6.07, 6.45) is 4.67. The van der Waals surface area contributed by atoms with Gasteiger partial charge in [-0.2, -0.15) is 0 Å². The predicted molar refractivity (Wildman–Crippen MR) is 145 cm³/mol. The predicted octanol–water partition coefficient (Wildman–Crippen LogP) is 5.37. The van der Waals surface area contributed by atoms with Gasteiger partial charge in [0.15, 0.2) is 0 Å². The van der Waals surface area contributed by atoms with Gasteiger partial charge in [0, 0.05) is 62.8 Å². The van der Waals surface area contributed by atoms with Gasteiger partial charge in [-0.1, -0.05) is 26.7 Å². The van der Waals surface area contributed by atoms with Gasteiger partial charge in [-0.15, -0.1) is 0 Å². The van der Waals surface area contributed by atoms with E-state index in [0.29, 0.717) is 19.0 Å². The normalized spacial score (nSPS) is 17.2. The number of ether oxygens (including phenoxy) is 2. The minimum atomic E-state index is -0.471. The number of piperazine rings is 1. The van der Waals surface area contributed by atoms with E-state index in [4.69, 9.17) is 9.47 Å². The van der Waals surface area contributed by atoms with Crippen molar-refractivity contribution < 1.29 is 14.3 Å². The Morgan fingerprint density at radius 2 is 1.69 bits per heavy atom. The molecule has 7 heteroatoms. The average molecular weight is 489 g/mol. The van der Waals surface area contributed by atoms with Gasteiger partial charge in [-0.3, -0.25) is 0 Å². The van der Waals surface area contributed by atoms with E-state index >= 15 is 0 Å². The molecule has 0 saturated carbocycles. The van der Waals surface area contributed by atoms with Gasteiger partial charge in [0.05, 0.1) is 6.61 Å². The highest BCUT2D eigenvalue weighted by Gasteiger charge is 2.27. The fraction of sp³-hybridized carbons (Fsp3) is 0.750. The largest absolute Gasteiger partial charge is 0.493 e. The van der Waals surface area contributed by atoms with Crippen LogP contribution >= 0.6 is 0 Å². The second kappa shape index (κ2) is 12.7. The van der Waals surface area contributed by atoms with Crippen molar-refractivity contribution in [3.8, 4) is 5.75 Å². The first kappa shape index (κ1) is 27.4. The molecule has 1 aromatic rings. The van der Waals surface area contributed by atoms with Gasteiger partial charge in [-0.25, -0.2) is 4.79 Å². The number of hydrogen-bond donors (Lipinski definition) is 1. The van der Waals surface area contributed by atoms with Crippen LogP contribution in [0.3, 0.4) is 0 Å². The summed E-state index contributed by atoms with van der Waals surface area (Å²) in [5.41, 5.74) is 3.11. The summed E-state index contributed by atoms with van der Waals surface area (Å²) in [4.78, 5) is 19.3. The number of rotatable bonds is 10. The van der Waals surface area contributed by atoms with Crippen LogP contribution in [0, 0.1) is 12.8 Å². The number of nitrogens with zero attached hydrogens (tertiary/aromatic N) is 3. The molecule has 0 spiro atoms. The molecule has 1 aromatic carbocycles. The van der Waals surface area contributed by atoms with E-state index in [-0.39, 0.29) is 6.09 Å². The van der Waals surface area contributed by atoms with Gasteiger partial charge in [0.2, 0.25) is 0 Å². The number of amides is 1. The van der Waals surface area contributed by atoms with Crippen molar-refractivity contribution in [3.63, 3.8) is 0 Å². The second-order valence-electron chi connectivity index (χ2n) is 11.0. The molecular weight excluding hydrogens is 440 g/mol. The summed E-state index contributed by atoms with van der Waals surface area (Å²) >= 11 is 0. The van der Waals surface area contributed by atoms with E-state index < -0.39 is 5.60 Å². The van der Waals surface area contributed by atoms with Gasteiger partial charge < -0.3 is 29.5 Å². The first-order valence-corrected chi connectivity index (χ1v) is 13.7. The number of anilines is 2. The Balaban J connectivity index is 1.70. The number of hydrogen-bond acceptors (Lipinski definition) is 6. The quantitative estimate of drug-likeness (QED) is 0.478. The molecule has 0 radical (unpaired) electrons. The number of carbonyl (C=O) groups excluding carboxylic acids is 1. The minimum absolute atomic E-state index is 0.222. The Hall–Kier alpha value is -2.15. The van der Waals surface area contributed by atoms with E-state index in [9.17, 15) is 4.79 Å². The minimum Gasteiger partial charge on any atom is -0.493 e. The van der Waals surface area contributed by atoms with Crippen molar-refractivity contribution in [2.24, 2.45) is 5.92 Å². The van der Waals surface area contributed by atoms with Crippen LogP contribution in [0.2, 0.25) is 0 Å². The van der Waals surface area contributed by atoms with Crippen LogP contribution in [-0.4, -0.2) is 80.5 Å². The molecule has 0 bridgehead atoms. The number of nitrogens with one attached hydrogen (secondary N) is 1. The van der Waals surface area contributed by atoms with E-state index in [1.54, 1.807) is 0 Å². The molecule has 0 aromatic heterocycles. The summed E-state index contributed by atoms with van der Waals surface area (Å²) < 4.78 is 11.9. The zero-order valence-electron chi connectivity index (χ0n) is 23.0. The molecule has 2 heterocycles. The Morgan fingerprint density at radius 1 is 1.03 bits per heavy atom. The molecule has 0 atom stereocenters. The number of likely N-dealkylation sites (tertiary alicyclic amines) is 1. The summed E-state index contributed by atoms with van der Waals surface area (Å²) in [7, 11) is 0. The second-order valence-corrected chi connectivity index (χ2v) is 11.0. The van der Waals surface area contributed by atoms with Crippen molar-refractivity contribution >= 4 is 17.5 Å². The van der Waals surface area contributed by atoms with Gasteiger partial charge in [0.1, 0.15) is 11.4 Å². The van der Waals surface area contributed by atoms with Crippen molar-refractivity contribution in [1.29, 1.82) is 0 Å². The Labute approximate surface area is 213 Å². The maximum absolute atomic E-state index is 12.5. The monoisotopic (exact) mass is 488 g/mol. The first-order chi connectivity index (χ1) is 16.7. The van der Waals surface area contributed by atoms with E-state index in [2.05, 4.69) is 48.0 Å². The van der Waals surface area contributed by atoms with Crippen LogP contribution < -0.4 is 15.0 Å². The molecule has 7 nitrogen and oxygen atoms in total. The zero-order chi connectivity index (χ0) is 25.4. The smallest absolute Gasteiger partial charge is 0.410 e. The molecule has 2 aliphatic rings. The van der Waals surface area contributed by atoms with Gasteiger partial charge in [0.25, 0.3) is 0 Å². The molecule has 2 aliphatic heterocycles. The Kier molecular flexibility index (Phi) is 9.96. The van der Waals surface area contributed by atoms with Crippen molar-refractivity contribution in [3.05, 3.63) is 17.7 Å². The molecule has 3 rings (SSSR count). The summed E-state index contributed by atoms with van der Waals surface area (Å²) in [6, 6.07) is 4.36. The highest BCUT2D eigenvalue weighted by atomic mass is 16.6. The molecule has 198 valence electrons. The lowest BCUT2D eigenvalue weighted by atomic mass is 10.1. The number of carbonyl (C=O) groups is 1. The van der Waals surface area contributed by atoms with Crippen LogP contribution in [0.5, 0.6) is 5.75 Å². The fourth-order valence-corrected chi connectivity index (χ4v) is 4.82. The highest BCUT2D eigenvalue weighted by Crippen LogP contribution is 2.34. The average Bonchev–Trinajstić information content (AvgIpc) is 3.34. The SMILES string of the molecule is CCC(CC)COc1cc(NCCN2CCCC2)c(C)c(N2CCN(C(=O)OC(C)(C)C)CC2)c1. The fourth-order valence-electron chi connectivity index (χ4n) is 4.82. The van der Waals surface area contributed by atoms with Gasteiger partial charge >= 0.3 is 6.09 Å². The van der Waals surface area contributed by atoms with Crippen molar-refractivity contribution in [2.75, 3.05) is 69.2 Å². The summed E-state index contributed by atoms with van der Waals surface area (Å²) in [5, 5.41) is 3.70. The van der Waals surface area contributed by atoms with E-state index in [0.717, 1.165) is 57.1 Å². The van der Waals surface area contributed by atoms with Crippen LogP contribution in [0.15, 0.2) is 12.1 Å². The van der Waals surface area contributed by atoms with Gasteiger partial charge in [-0.05, 0) is 65.1 Å². The van der Waals surface area contributed by atoms with Crippen LogP contribution in [-0.2, 0) is 4.74 Å². The maximum atomic E-state index is 12.5. The Morgan fingerprint density at radius 3 is 2.29 bits per heavy atom. The molecule has 1 N–H and O–H groups in total. The zero-order valence-corrected chi connectivity index (χ0v) is 23.0. The van der Waals surface area contributed by atoms with Crippen LogP contribution in [0.25, 0.3) is 0 Å². The standard InChI is InChI=1S/C28H48N4O3/c1-7-23(8-2)21-34-24-19-25(29-11-14-30-12-9-10-13-30)22(3)26(20-24)31-15-17-32(18-16-31)27(33)35-28(4,5)6/h19-20,23,29H,7-18,21H2,1-6H3. The lowest BCUT2D eigenvalue weighted by Gasteiger charge is -2.37. The Bertz CT molecular complexity index is 805. The van der Waals surface area contributed by atoms with Crippen LogP contribution in [0.1, 0.15) is 65.9 Å². The van der Waals surface area contributed by atoms with Crippen LogP contribution in [0.4, 0.5) is 16.2 Å². The molecule has 2 fully saturated rings. The molecular formula is C28H48N4O3. The third-order valence-corrected chi connectivity index (χ3v) is 7.21. The highest BCUT2D eigenvalue weighted by molar-refractivity contribution is 5.71. The number of benzene rings is 1. The summed E-state index contributed by atoms with van der Waals surface area (Å²) in [6.45, 7) is 20.4. The molecule has 0 aliphatic carbocycles. The molecule has 1 amide bonds.